The van der Waals surface area contributed by atoms with Crippen LogP contribution >= 0.6 is 23.2 Å². The van der Waals surface area contributed by atoms with E-state index in [0.717, 1.165) is 6.42 Å². The lowest BCUT2D eigenvalue weighted by molar-refractivity contribution is 0.0962. The van der Waals surface area contributed by atoms with Gasteiger partial charge in [-0.1, -0.05) is 30.1 Å². The first-order valence-corrected chi connectivity index (χ1v) is 5.34. The van der Waals surface area contributed by atoms with Gasteiger partial charge in [0.2, 0.25) is 0 Å². The second-order valence-corrected chi connectivity index (χ2v) is 4.63. The summed E-state index contributed by atoms with van der Waals surface area (Å²) in [4.78, 5) is 11.8. The molecule has 1 aliphatic rings. The third-order valence-corrected chi connectivity index (χ3v) is 3.39. The number of ketones is 1. The first-order valence-electron chi connectivity index (χ1n) is 4.59. The molecular weight excluding hydrogens is 219 g/mol. The lowest BCUT2D eigenvalue weighted by atomic mass is 10.1. The van der Waals surface area contributed by atoms with Crippen LogP contribution in [-0.2, 0) is 0 Å². The largest absolute Gasteiger partial charge is 0.294 e. The number of benzene rings is 1. The summed E-state index contributed by atoms with van der Waals surface area (Å²) in [7, 11) is 0. The highest BCUT2D eigenvalue weighted by atomic mass is 35.5. The summed E-state index contributed by atoms with van der Waals surface area (Å²) in [6.07, 6.45) is 0.999. The number of carbonyl (C=O) groups excluding carboxylic acids is 1. The van der Waals surface area contributed by atoms with E-state index in [1.54, 1.807) is 18.2 Å². The monoisotopic (exact) mass is 228 g/mol. The Hall–Kier alpha value is -0.530. The van der Waals surface area contributed by atoms with E-state index in [-0.39, 0.29) is 11.7 Å². The zero-order valence-corrected chi connectivity index (χ0v) is 9.27. The highest BCUT2D eigenvalue weighted by Crippen LogP contribution is 2.40. The fourth-order valence-corrected chi connectivity index (χ4v) is 1.85. The second kappa shape index (κ2) is 3.56. The summed E-state index contributed by atoms with van der Waals surface area (Å²) in [6.45, 7) is 2.08. The van der Waals surface area contributed by atoms with Gasteiger partial charge < -0.3 is 0 Å². The average Bonchev–Trinajstić information content (AvgIpc) is 2.86. The SMILES string of the molecule is CC1CC1C(=O)c1ccc(Cl)c(Cl)c1. The third-order valence-electron chi connectivity index (χ3n) is 2.65. The third kappa shape index (κ3) is 1.79. The lowest BCUT2D eigenvalue weighted by Gasteiger charge is -2.01. The molecule has 2 unspecified atom stereocenters. The molecule has 1 aliphatic carbocycles. The van der Waals surface area contributed by atoms with Crippen LogP contribution in [0.5, 0.6) is 0 Å². The predicted molar refractivity (Wildman–Crippen MR) is 58.1 cm³/mol. The molecule has 2 atom stereocenters. The Balaban J connectivity index is 2.24. The molecule has 14 heavy (non-hydrogen) atoms. The van der Waals surface area contributed by atoms with Crippen molar-refractivity contribution in [3.8, 4) is 0 Å². The van der Waals surface area contributed by atoms with Gasteiger partial charge in [-0.2, -0.15) is 0 Å². The van der Waals surface area contributed by atoms with Crippen molar-refractivity contribution in [3.05, 3.63) is 33.8 Å². The summed E-state index contributed by atoms with van der Waals surface area (Å²) in [5.41, 5.74) is 0.675. The maximum atomic E-state index is 11.8. The van der Waals surface area contributed by atoms with Crippen LogP contribution in [0.4, 0.5) is 0 Å². The Bertz CT molecular complexity index is 387. The van der Waals surface area contributed by atoms with Crippen LogP contribution in [0.3, 0.4) is 0 Å². The highest BCUT2D eigenvalue weighted by molar-refractivity contribution is 6.42. The van der Waals surface area contributed by atoms with Crippen LogP contribution in [0.15, 0.2) is 18.2 Å². The summed E-state index contributed by atoms with van der Waals surface area (Å²) < 4.78 is 0. The Morgan fingerprint density at radius 2 is 2.00 bits per heavy atom. The molecular formula is C11H10Cl2O. The first-order chi connectivity index (χ1) is 6.59. The van der Waals surface area contributed by atoms with E-state index in [2.05, 4.69) is 6.92 Å². The molecule has 0 N–H and O–H groups in total. The molecule has 1 saturated carbocycles. The standard InChI is InChI=1S/C11H10Cl2O/c1-6-4-8(6)11(14)7-2-3-9(12)10(13)5-7/h2-3,5-6,8H,4H2,1H3. The van der Waals surface area contributed by atoms with Crippen molar-refractivity contribution >= 4 is 29.0 Å². The van der Waals surface area contributed by atoms with Crippen molar-refractivity contribution in [2.45, 2.75) is 13.3 Å². The normalized spacial score (nSPS) is 24.8. The Morgan fingerprint density at radius 1 is 1.36 bits per heavy atom. The maximum Gasteiger partial charge on any atom is 0.166 e. The summed E-state index contributed by atoms with van der Waals surface area (Å²) in [6, 6.07) is 5.06. The van der Waals surface area contributed by atoms with Gasteiger partial charge in [0.15, 0.2) is 5.78 Å². The molecule has 1 fully saturated rings. The number of halogens is 2. The number of Topliss-reactive ketones (excluding diaryl/α,β-unsaturated/α-hetero) is 1. The van der Waals surface area contributed by atoms with E-state index in [4.69, 9.17) is 23.2 Å². The molecule has 1 nitrogen and oxygen atoms in total. The van der Waals surface area contributed by atoms with Gasteiger partial charge in [-0.25, -0.2) is 0 Å². The van der Waals surface area contributed by atoms with Crippen LogP contribution in [-0.4, -0.2) is 5.78 Å². The summed E-state index contributed by atoms with van der Waals surface area (Å²) >= 11 is 11.6. The van der Waals surface area contributed by atoms with Crippen molar-refractivity contribution in [2.24, 2.45) is 11.8 Å². The molecule has 2 rings (SSSR count). The molecule has 0 radical (unpaired) electrons. The maximum absolute atomic E-state index is 11.8. The van der Waals surface area contributed by atoms with Crippen LogP contribution in [0.25, 0.3) is 0 Å². The number of rotatable bonds is 2. The fourth-order valence-electron chi connectivity index (χ4n) is 1.55. The van der Waals surface area contributed by atoms with E-state index < -0.39 is 0 Å². The van der Waals surface area contributed by atoms with Gasteiger partial charge in [0, 0.05) is 11.5 Å². The van der Waals surface area contributed by atoms with Gasteiger partial charge in [-0.3, -0.25) is 4.79 Å². The number of carbonyl (C=O) groups is 1. The predicted octanol–water partition coefficient (Wildman–Crippen LogP) is 3.83. The van der Waals surface area contributed by atoms with Crippen LogP contribution in [0.2, 0.25) is 10.0 Å². The number of hydrogen-bond acceptors (Lipinski definition) is 1. The van der Waals surface area contributed by atoms with Gasteiger partial charge >= 0.3 is 0 Å². The molecule has 0 heterocycles. The Kier molecular flexibility index (Phi) is 2.54. The topological polar surface area (TPSA) is 17.1 Å². The molecule has 0 spiro atoms. The first kappa shape index (κ1) is 10.0. The minimum Gasteiger partial charge on any atom is -0.294 e. The smallest absolute Gasteiger partial charge is 0.166 e. The zero-order chi connectivity index (χ0) is 10.3. The van der Waals surface area contributed by atoms with Crippen molar-refractivity contribution in [2.75, 3.05) is 0 Å². The van der Waals surface area contributed by atoms with Crippen LogP contribution in [0, 0.1) is 11.8 Å². The second-order valence-electron chi connectivity index (χ2n) is 3.81. The lowest BCUT2D eigenvalue weighted by Crippen LogP contribution is -2.02. The molecule has 1 aromatic rings. The minimum absolute atomic E-state index is 0.191. The van der Waals surface area contributed by atoms with Crippen molar-refractivity contribution < 1.29 is 4.79 Å². The molecule has 0 aromatic heterocycles. The van der Waals surface area contributed by atoms with Gasteiger partial charge in [-0.15, -0.1) is 0 Å². The van der Waals surface area contributed by atoms with E-state index in [0.29, 0.717) is 21.5 Å². The Labute approximate surface area is 93.0 Å². The van der Waals surface area contributed by atoms with E-state index >= 15 is 0 Å². The number of hydrogen-bond donors (Lipinski definition) is 0. The summed E-state index contributed by atoms with van der Waals surface area (Å²) in [5.74, 6) is 0.917. The van der Waals surface area contributed by atoms with Gasteiger partial charge in [0.25, 0.3) is 0 Å². The minimum atomic E-state index is 0.191. The highest BCUT2D eigenvalue weighted by Gasteiger charge is 2.39. The molecule has 3 heteroatoms. The van der Waals surface area contributed by atoms with Gasteiger partial charge in [0.1, 0.15) is 0 Å². The van der Waals surface area contributed by atoms with Crippen LogP contribution in [0.1, 0.15) is 23.7 Å². The van der Waals surface area contributed by atoms with Crippen molar-refractivity contribution in [1.29, 1.82) is 0 Å². The molecule has 1 aromatic carbocycles. The van der Waals surface area contributed by atoms with E-state index in [1.165, 1.54) is 0 Å². The molecule has 0 saturated heterocycles. The molecule has 74 valence electrons. The Morgan fingerprint density at radius 3 is 2.50 bits per heavy atom. The summed E-state index contributed by atoms with van der Waals surface area (Å²) in [5, 5.41) is 0.942. The van der Waals surface area contributed by atoms with Crippen LogP contribution < -0.4 is 0 Å². The van der Waals surface area contributed by atoms with Crippen molar-refractivity contribution in [3.63, 3.8) is 0 Å². The van der Waals surface area contributed by atoms with Gasteiger partial charge in [-0.05, 0) is 30.5 Å². The average molecular weight is 229 g/mol. The zero-order valence-electron chi connectivity index (χ0n) is 7.76. The molecule has 0 bridgehead atoms. The van der Waals surface area contributed by atoms with Gasteiger partial charge in [0.05, 0.1) is 10.0 Å². The fraction of sp³-hybridized carbons (Fsp3) is 0.364. The molecule has 0 amide bonds. The quantitative estimate of drug-likeness (QED) is 0.704. The molecule has 0 aliphatic heterocycles. The van der Waals surface area contributed by atoms with E-state index in [1.807, 2.05) is 0 Å². The van der Waals surface area contributed by atoms with Crippen molar-refractivity contribution in [1.82, 2.24) is 0 Å². The van der Waals surface area contributed by atoms with E-state index in [9.17, 15) is 4.79 Å².